The minimum absolute atomic E-state index is 0.291. The molecule has 1 heterocycles. The molecule has 26 heavy (non-hydrogen) atoms. The second-order valence-corrected chi connectivity index (χ2v) is 8.46. The summed E-state index contributed by atoms with van der Waals surface area (Å²) in [6.45, 7) is 2.54. The first-order valence-electron chi connectivity index (χ1n) is 10.1. The third kappa shape index (κ3) is 6.40. The van der Waals surface area contributed by atoms with Gasteiger partial charge < -0.3 is 15.0 Å². The van der Waals surface area contributed by atoms with Crippen LogP contribution in [-0.4, -0.2) is 35.3 Å². The van der Waals surface area contributed by atoms with E-state index in [1.165, 1.54) is 50.5 Å². The Morgan fingerprint density at radius 2 is 1.73 bits per heavy atom. The first kappa shape index (κ1) is 19.9. The Bertz CT molecular complexity index is 552. The lowest BCUT2D eigenvalue weighted by Crippen LogP contribution is -2.47. The summed E-state index contributed by atoms with van der Waals surface area (Å²) in [5.74, 6) is 0. The molecule has 3 rings (SSSR count). The van der Waals surface area contributed by atoms with Crippen LogP contribution in [0.15, 0.2) is 24.3 Å². The zero-order valence-corrected chi connectivity index (χ0v) is 17.2. The molecule has 2 aliphatic rings. The van der Waals surface area contributed by atoms with Crippen LogP contribution < -0.4 is 5.32 Å². The van der Waals surface area contributed by atoms with Gasteiger partial charge in [-0.2, -0.15) is 0 Å². The minimum Gasteiger partial charge on any atom is -0.376 e. The van der Waals surface area contributed by atoms with Crippen molar-refractivity contribution in [1.82, 2.24) is 10.2 Å². The fourth-order valence-electron chi connectivity index (χ4n) is 3.93. The monoisotopic (exact) mass is 394 g/mol. The quantitative estimate of drug-likeness (QED) is 0.684. The third-order valence-corrected chi connectivity index (χ3v) is 6.08. The van der Waals surface area contributed by atoms with Crippen LogP contribution >= 0.6 is 23.8 Å². The topological polar surface area (TPSA) is 24.5 Å². The van der Waals surface area contributed by atoms with E-state index in [0.29, 0.717) is 12.1 Å². The number of nitrogens with one attached hydrogen (secondary N) is 1. The maximum Gasteiger partial charge on any atom is 0.169 e. The average molecular weight is 395 g/mol. The largest absolute Gasteiger partial charge is 0.376 e. The SMILES string of the molecule is S=C(NC1CCCCCCC1)N(Cc1ccc(Cl)cc1)CC1CCCO1. The van der Waals surface area contributed by atoms with Crippen molar-refractivity contribution in [3.8, 4) is 0 Å². The van der Waals surface area contributed by atoms with Crippen LogP contribution in [0.4, 0.5) is 0 Å². The normalized spacial score (nSPS) is 21.8. The molecule has 1 aliphatic heterocycles. The Morgan fingerprint density at radius 3 is 2.38 bits per heavy atom. The van der Waals surface area contributed by atoms with Gasteiger partial charge in [0.15, 0.2) is 5.11 Å². The molecule has 2 fully saturated rings. The molecule has 0 spiro atoms. The number of hydrogen-bond acceptors (Lipinski definition) is 2. The Balaban J connectivity index is 1.62. The van der Waals surface area contributed by atoms with Crippen molar-refractivity contribution in [1.29, 1.82) is 0 Å². The lowest BCUT2D eigenvalue weighted by molar-refractivity contribution is 0.0895. The molecule has 1 saturated heterocycles. The molecular weight excluding hydrogens is 364 g/mol. The first-order valence-corrected chi connectivity index (χ1v) is 10.9. The summed E-state index contributed by atoms with van der Waals surface area (Å²) in [7, 11) is 0. The maximum absolute atomic E-state index is 6.03. The average Bonchev–Trinajstić information content (AvgIpc) is 3.11. The number of ether oxygens (including phenoxy) is 1. The summed E-state index contributed by atoms with van der Waals surface area (Å²) in [5, 5.41) is 5.32. The predicted molar refractivity (Wildman–Crippen MR) is 113 cm³/mol. The lowest BCUT2D eigenvalue weighted by Gasteiger charge is -2.31. The van der Waals surface area contributed by atoms with E-state index in [1.54, 1.807) is 0 Å². The highest BCUT2D eigenvalue weighted by molar-refractivity contribution is 7.80. The van der Waals surface area contributed by atoms with Gasteiger partial charge in [-0.25, -0.2) is 0 Å². The van der Waals surface area contributed by atoms with E-state index >= 15 is 0 Å². The maximum atomic E-state index is 6.03. The number of rotatable bonds is 5. The summed E-state index contributed by atoms with van der Waals surface area (Å²) in [4.78, 5) is 2.29. The lowest BCUT2D eigenvalue weighted by atomic mass is 9.97. The summed E-state index contributed by atoms with van der Waals surface area (Å²) in [6, 6.07) is 8.59. The Hall–Kier alpha value is -0.840. The molecule has 1 N–H and O–H groups in total. The minimum atomic E-state index is 0.291. The predicted octanol–water partition coefficient (Wildman–Crippen LogP) is 5.31. The van der Waals surface area contributed by atoms with Gasteiger partial charge in [-0.15, -0.1) is 0 Å². The molecule has 0 radical (unpaired) electrons. The van der Waals surface area contributed by atoms with E-state index in [4.69, 9.17) is 28.6 Å². The van der Waals surface area contributed by atoms with E-state index in [0.717, 1.165) is 42.7 Å². The van der Waals surface area contributed by atoms with E-state index in [1.807, 2.05) is 12.1 Å². The first-order chi connectivity index (χ1) is 12.7. The van der Waals surface area contributed by atoms with Gasteiger partial charge in [-0.1, -0.05) is 55.8 Å². The molecule has 0 aromatic heterocycles. The van der Waals surface area contributed by atoms with Gasteiger partial charge in [-0.3, -0.25) is 0 Å². The van der Waals surface area contributed by atoms with Crippen molar-refractivity contribution < 1.29 is 4.74 Å². The summed E-state index contributed by atoms with van der Waals surface area (Å²) in [6.07, 6.45) is 11.8. The van der Waals surface area contributed by atoms with Crippen molar-refractivity contribution >= 4 is 28.9 Å². The van der Waals surface area contributed by atoms with Crippen molar-refractivity contribution in [3.05, 3.63) is 34.9 Å². The van der Waals surface area contributed by atoms with Gasteiger partial charge in [-0.05, 0) is 55.6 Å². The molecule has 1 aliphatic carbocycles. The van der Waals surface area contributed by atoms with E-state index < -0.39 is 0 Å². The van der Waals surface area contributed by atoms with Crippen LogP contribution in [0.3, 0.4) is 0 Å². The molecule has 5 heteroatoms. The van der Waals surface area contributed by atoms with Crippen molar-refractivity contribution in [2.24, 2.45) is 0 Å². The highest BCUT2D eigenvalue weighted by atomic mass is 35.5. The summed E-state index contributed by atoms with van der Waals surface area (Å²) in [5.41, 5.74) is 1.23. The molecular formula is C21H31ClN2OS. The van der Waals surface area contributed by atoms with Crippen LogP contribution in [0.25, 0.3) is 0 Å². The van der Waals surface area contributed by atoms with Crippen molar-refractivity contribution in [2.45, 2.75) is 76.5 Å². The molecule has 1 atom stereocenters. The van der Waals surface area contributed by atoms with Gasteiger partial charge in [0.25, 0.3) is 0 Å². The van der Waals surface area contributed by atoms with Gasteiger partial charge in [0.1, 0.15) is 0 Å². The second-order valence-electron chi connectivity index (χ2n) is 7.63. The molecule has 1 saturated carbocycles. The van der Waals surface area contributed by atoms with E-state index in [2.05, 4.69) is 22.3 Å². The van der Waals surface area contributed by atoms with Crippen LogP contribution in [0.5, 0.6) is 0 Å². The van der Waals surface area contributed by atoms with Gasteiger partial charge in [0.2, 0.25) is 0 Å². The Labute approximate surface area is 168 Å². The van der Waals surface area contributed by atoms with Crippen LogP contribution in [0.1, 0.15) is 63.4 Å². The zero-order chi connectivity index (χ0) is 18.2. The molecule has 0 bridgehead atoms. The number of nitrogens with zero attached hydrogens (tertiary/aromatic N) is 1. The fourth-order valence-corrected chi connectivity index (χ4v) is 4.36. The molecule has 3 nitrogen and oxygen atoms in total. The second kappa shape index (κ2) is 10.5. The smallest absolute Gasteiger partial charge is 0.169 e. The van der Waals surface area contributed by atoms with Gasteiger partial charge in [0, 0.05) is 30.8 Å². The molecule has 144 valence electrons. The number of halogens is 1. The molecule has 1 aromatic carbocycles. The highest BCUT2D eigenvalue weighted by Gasteiger charge is 2.22. The van der Waals surface area contributed by atoms with Crippen LogP contribution in [-0.2, 0) is 11.3 Å². The van der Waals surface area contributed by atoms with Crippen molar-refractivity contribution in [2.75, 3.05) is 13.2 Å². The van der Waals surface area contributed by atoms with Crippen LogP contribution in [0, 0.1) is 0 Å². The molecule has 0 amide bonds. The van der Waals surface area contributed by atoms with Gasteiger partial charge >= 0.3 is 0 Å². The molecule has 1 aromatic rings. The highest BCUT2D eigenvalue weighted by Crippen LogP contribution is 2.19. The number of hydrogen-bond donors (Lipinski definition) is 1. The third-order valence-electron chi connectivity index (χ3n) is 5.45. The van der Waals surface area contributed by atoms with E-state index in [-0.39, 0.29) is 0 Å². The number of benzene rings is 1. The van der Waals surface area contributed by atoms with Crippen molar-refractivity contribution in [3.63, 3.8) is 0 Å². The standard InChI is InChI=1S/C21H31ClN2OS/c22-18-12-10-17(11-13-18)15-24(16-20-9-6-14-25-20)21(26)23-19-7-4-2-1-3-5-8-19/h10-13,19-20H,1-9,14-16H2,(H,23,26). The number of thiocarbonyl (C=S) groups is 1. The summed E-state index contributed by atoms with van der Waals surface area (Å²) < 4.78 is 5.87. The summed E-state index contributed by atoms with van der Waals surface area (Å²) >= 11 is 11.9. The Kier molecular flexibility index (Phi) is 8.03. The van der Waals surface area contributed by atoms with E-state index in [9.17, 15) is 0 Å². The molecule has 1 unspecified atom stereocenters. The van der Waals surface area contributed by atoms with Crippen LogP contribution in [0.2, 0.25) is 5.02 Å². The van der Waals surface area contributed by atoms with Gasteiger partial charge in [0.05, 0.1) is 6.10 Å². The Morgan fingerprint density at radius 1 is 1.04 bits per heavy atom. The zero-order valence-electron chi connectivity index (χ0n) is 15.6. The fraction of sp³-hybridized carbons (Fsp3) is 0.667.